The molecule has 1 fully saturated rings. The van der Waals surface area contributed by atoms with E-state index in [2.05, 4.69) is 0 Å². The fraction of sp³-hybridized carbons (Fsp3) is 0.292. The molecule has 2 aromatic rings. The topological polar surface area (TPSA) is 138 Å². The summed E-state index contributed by atoms with van der Waals surface area (Å²) in [5, 5.41) is 31.5. The van der Waals surface area contributed by atoms with E-state index in [0.29, 0.717) is 24.8 Å². The Bertz CT molecular complexity index is 1120. The van der Waals surface area contributed by atoms with E-state index in [4.69, 9.17) is 5.11 Å². The fourth-order valence-corrected chi connectivity index (χ4v) is 3.92. The molecule has 0 saturated carbocycles. The molecule has 1 aliphatic rings. The van der Waals surface area contributed by atoms with Crippen LogP contribution in [0.15, 0.2) is 54.1 Å². The molecule has 0 aromatic heterocycles. The van der Waals surface area contributed by atoms with Gasteiger partial charge in [-0.3, -0.25) is 24.5 Å². The van der Waals surface area contributed by atoms with E-state index < -0.39 is 34.4 Å². The van der Waals surface area contributed by atoms with Crippen molar-refractivity contribution in [1.29, 1.82) is 0 Å². The Morgan fingerprint density at radius 1 is 1.03 bits per heavy atom. The number of hydrogen-bond acceptors (Lipinski definition) is 6. The number of carbonyl (C=O) groups is 3. The lowest BCUT2D eigenvalue weighted by Gasteiger charge is -2.25. The molecule has 1 aliphatic heterocycles. The molecule has 2 aromatic carbocycles. The van der Waals surface area contributed by atoms with Gasteiger partial charge < -0.3 is 15.1 Å². The van der Waals surface area contributed by atoms with Gasteiger partial charge in [-0.05, 0) is 25.8 Å². The summed E-state index contributed by atoms with van der Waals surface area (Å²) >= 11 is 0. The molecule has 9 heteroatoms. The van der Waals surface area contributed by atoms with Gasteiger partial charge in [0.2, 0.25) is 0 Å². The molecular weight excluding hydrogens is 428 g/mol. The van der Waals surface area contributed by atoms with Crippen LogP contribution in [0, 0.1) is 17.0 Å². The Labute approximate surface area is 190 Å². The number of Topliss-reactive ketones (excluding diaryl/α,β-unsaturated/α-hetero) is 1. The first-order chi connectivity index (χ1) is 15.7. The molecule has 0 spiro atoms. The van der Waals surface area contributed by atoms with Crippen LogP contribution in [-0.2, 0) is 14.4 Å². The molecule has 1 saturated heterocycles. The standard InChI is InChI=1S/C24H24N2O7/c1-15-10-12-16(13-11-15)22(29)20-21(17-7-4-5-8-18(17)26(32)33)25(24(31)23(20)30)14-6-2-3-9-19(27)28/h4-5,7-8,10-13,21,29H,2-3,6,9,14H2,1H3,(H,27,28)/b22-20+. The van der Waals surface area contributed by atoms with Crippen molar-refractivity contribution in [1.82, 2.24) is 4.90 Å². The molecule has 1 amide bonds. The molecule has 3 rings (SSSR count). The van der Waals surface area contributed by atoms with Crippen molar-refractivity contribution in [3.05, 3.63) is 80.9 Å². The van der Waals surface area contributed by atoms with Gasteiger partial charge in [0, 0.05) is 24.6 Å². The first-order valence-electron chi connectivity index (χ1n) is 10.5. The van der Waals surface area contributed by atoms with Crippen LogP contribution in [0.1, 0.15) is 48.4 Å². The molecule has 172 valence electrons. The summed E-state index contributed by atoms with van der Waals surface area (Å²) in [6.07, 6.45) is 1.29. The third-order valence-corrected chi connectivity index (χ3v) is 5.58. The van der Waals surface area contributed by atoms with Crippen LogP contribution in [-0.4, -0.2) is 44.2 Å². The Hall–Kier alpha value is -4.01. The monoisotopic (exact) mass is 452 g/mol. The number of aryl methyl sites for hydroxylation is 1. The molecule has 0 aliphatic carbocycles. The van der Waals surface area contributed by atoms with E-state index in [0.717, 1.165) is 5.56 Å². The number of aliphatic hydroxyl groups is 1. The number of benzene rings is 2. The van der Waals surface area contributed by atoms with E-state index in [-0.39, 0.29) is 29.8 Å². The Morgan fingerprint density at radius 3 is 2.33 bits per heavy atom. The minimum absolute atomic E-state index is 0.0141. The molecule has 1 unspecified atom stereocenters. The maximum absolute atomic E-state index is 13.0. The van der Waals surface area contributed by atoms with Crippen molar-refractivity contribution >= 4 is 29.1 Å². The molecule has 1 atom stereocenters. The van der Waals surface area contributed by atoms with Crippen LogP contribution >= 0.6 is 0 Å². The number of ketones is 1. The van der Waals surface area contributed by atoms with E-state index in [1.54, 1.807) is 30.3 Å². The summed E-state index contributed by atoms with van der Waals surface area (Å²) in [5.74, 6) is -3.09. The third kappa shape index (κ3) is 5.08. The number of carboxylic acid groups (broad SMARTS) is 1. The summed E-state index contributed by atoms with van der Waals surface area (Å²) in [5.41, 5.74) is 0.909. The fourth-order valence-electron chi connectivity index (χ4n) is 3.92. The summed E-state index contributed by atoms with van der Waals surface area (Å²) in [6.45, 7) is 1.95. The minimum Gasteiger partial charge on any atom is -0.507 e. The van der Waals surface area contributed by atoms with Crippen molar-refractivity contribution in [3.63, 3.8) is 0 Å². The summed E-state index contributed by atoms with van der Waals surface area (Å²) in [7, 11) is 0. The second kappa shape index (κ2) is 10.1. The van der Waals surface area contributed by atoms with Gasteiger partial charge in [-0.2, -0.15) is 0 Å². The zero-order valence-corrected chi connectivity index (χ0v) is 18.1. The van der Waals surface area contributed by atoms with Gasteiger partial charge in [-0.15, -0.1) is 0 Å². The summed E-state index contributed by atoms with van der Waals surface area (Å²) in [6, 6.07) is 11.4. The number of hydrogen-bond donors (Lipinski definition) is 2. The molecule has 2 N–H and O–H groups in total. The van der Waals surface area contributed by atoms with Crippen molar-refractivity contribution in [3.8, 4) is 0 Å². The van der Waals surface area contributed by atoms with Crippen molar-refractivity contribution < 1.29 is 29.5 Å². The average Bonchev–Trinajstić information content (AvgIpc) is 3.03. The highest BCUT2D eigenvalue weighted by molar-refractivity contribution is 6.46. The smallest absolute Gasteiger partial charge is 0.303 e. The quantitative estimate of drug-likeness (QED) is 0.147. The predicted molar refractivity (Wildman–Crippen MR) is 119 cm³/mol. The maximum atomic E-state index is 13.0. The van der Waals surface area contributed by atoms with Crippen LogP contribution < -0.4 is 0 Å². The highest BCUT2D eigenvalue weighted by atomic mass is 16.6. The van der Waals surface area contributed by atoms with Crippen molar-refractivity contribution in [2.75, 3.05) is 6.54 Å². The zero-order valence-electron chi connectivity index (χ0n) is 18.1. The highest BCUT2D eigenvalue weighted by Gasteiger charge is 2.47. The summed E-state index contributed by atoms with van der Waals surface area (Å²) < 4.78 is 0. The number of nitro groups is 1. The number of unbranched alkanes of at least 4 members (excludes halogenated alkanes) is 2. The zero-order chi connectivity index (χ0) is 24.1. The SMILES string of the molecule is Cc1ccc(/C(O)=C2\C(=O)C(=O)N(CCCCCC(=O)O)C2c2ccccc2[N+](=O)[O-])cc1. The number of aliphatic hydroxyl groups excluding tert-OH is 1. The lowest BCUT2D eigenvalue weighted by molar-refractivity contribution is -0.385. The third-order valence-electron chi connectivity index (χ3n) is 5.58. The van der Waals surface area contributed by atoms with Crippen LogP contribution in [0.25, 0.3) is 5.76 Å². The second-order valence-corrected chi connectivity index (χ2v) is 7.88. The molecule has 1 heterocycles. The molecule has 9 nitrogen and oxygen atoms in total. The van der Waals surface area contributed by atoms with Crippen LogP contribution in [0.3, 0.4) is 0 Å². The van der Waals surface area contributed by atoms with Gasteiger partial charge in [0.05, 0.1) is 22.1 Å². The molecular formula is C24H24N2O7. The van der Waals surface area contributed by atoms with E-state index in [1.165, 1.54) is 23.1 Å². The van der Waals surface area contributed by atoms with Crippen LogP contribution in [0.4, 0.5) is 5.69 Å². The van der Waals surface area contributed by atoms with Crippen molar-refractivity contribution in [2.24, 2.45) is 0 Å². The Balaban J connectivity index is 2.06. The lowest BCUT2D eigenvalue weighted by Crippen LogP contribution is -2.31. The number of nitro benzene ring substituents is 1. The molecule has 0 bridgehead atoms. The number of likely N-dealkylation sites (tertiary alicyclic amines) is 1. The minimum atomic E-state index is -1.13. The Morgan fingerprint density at radius 2 is 1.70 bits per heavy atom. The van der Waals surface area contributed by atoms with Gasteiger partial charge in [-0.25, -0.2) is 0 Å². The van der Waals surface area contributed by atoms with E-state index in [9.17, 15) is 29.6 Å². The number of carboxylic acids is 1. The number of carbonyl (C=O) groups excluding carboxylic acids is 2. The maximum Gasteiger partial charge on any atom is 0.303 e. The van der Waals surface area contributed by atoms with Gasteiger partial charge >= 0.3 is 5.97 Å². The van der Waals surface area contributed by atoms with Crippen LogP contribution in [0.2, 0.25) is 0 Å². The normalized spacial score (nSPS) is 17.4. The Kier molecular flexibility index (Phi) is 7.22. The molecule has 33 heavy (non-hydrogen) atoms. The van der Waals surface area contributed by atoms with Crippen LogP contribution in [0.5, 0.6) is 0 Å². The van der Waals surface area contributed by atoms with Crippen molar-refractivity contribution in [2.45, 2.75) is 38.6 Å². The second-order valence-electron chi connectivity index (χ2n) is 7.88. The van der Waals surface area contributed by atoms with E-state index >= 15 is 0 Å². The van der Waals surface area contributed by atoms with Gasteiger partial charge in [0.25, 0.3) is 17.4 Å². The largest absolute Gasteiger partial charge is 0.507 e. The van der Waals surface area contributed by atoms with Gasteiger partial charge in [-0.1, -0.05) is 48.4 Å². The number of nitrogens with zero attached hydrogens (tertiary/aromatic N) is 2. The number of para-hydroxylation sites is 1. The highest BCUT2D eigenvalue weighted by Crippen LogP contribution is 2.42. The van der Waals surface area contributed by atoms with Gasteiger partial charge in [0.1, 0.15) is 5.76 Å². The van der Waals surface area contributed by atoms with E-state index in [1.807, 2.05) is 6.92 Å². The number of rotatable bonds is 9. The predicted octanol–water partition coefficient (Wildman–Crippen LogP) is 3.97. The first kappa shape index (κ1) is 23.6. The average molecular weight is 452 g/mol. The molecule has 0 radical (unpaired) electrons. The summed E-state index contributed by atoms with van der Waals surface area (Å²) in [4.78, 5) is 48.9. The number of amides is 1. The lowest BCUT2D eigenvalue weighted by atomic mass is 9.94. The first-order valence-corrected chi connectivity index (χ1v) is 10.5. The number of aliphatic carboxylic acids is 1. The van der Waals surface area contributed by atoms with Gasteiger partial charge in [0.15, 0.2) is 0 Å².